The highest BCUT2D eigenvalue weighted by molar-refractivity contribution is 6.30. The first-order valence-corrected chi connectivity index (χ1v) is 11.6. The SMILES string of the molecule is CC1=C(C(=O)Nc2ccc(Cl)cc2)[C@@H](c2ccc(OCc3ccccc3C)cc2)n2ncnc2N1. The number of rotatable bonds is 6. The molecule has 4 aromatic rings. The van der Waals surface area contributed by atoms with Gasteiger partial charge >= 0.3 is 0 Å². The summed E-state index contributed by atoms with van der Waals surface area (Å²) in [5, 5.41) is 11.1. The minimum Gasteiger partial charge on any atom is -0.489 e. The van der Waals surface area contributed by atoms with Crippen molar-refractivity contribution in [3.05, 3.63) is 112 Å². The lowest BCUT2D eigenvalue weighted by Crippen LogP contribution is -2.31. The number of fused-ring (bicyclic) bond motifs is 1. The molecule has 3 aromatic carbocycles. The average Bonchev–Trinajstić information content (AvgIpc) is 3.32. The van der Waals surface area contributed by atoms with Crippen molar-refractivity contribution in [3.63, 3.8) is 0 Å². The van der Waals surface area contributed by atoms with E-state index in [1.54, 1.807) is 28.9 Å². The number of hydrogen-bond acceptors (Lipinski definition) is 5. The second-order valence-corrected chi connectivity index (χ2v) is 8.78. The van der Waals surface area contributed by atoms with Crippen LogP contribution in [-0.2, 0) is 11.4 Å². The first kappa shape index (κ1) is 22.7. The maximum atomic E-state index is 13.4. The zero-order valence-corrected chi connectivity index (χ0v) is 20.1. The molecular weight excluding hydrogens is 462 g/mol. The van der Waals surface area contributed by atoms with Crippen LogP contribution in [0.3, 0.4) is 0 Å². The molecule has 1 aromatic heterocycles. The van der Waals surface area contributed by atoms with Gasteiger partial charge in [-0.05, 0) is 66.9 Å². The normalized spacial score (nSPS) is 14.8. The van der Waals surface area contributed by atoms with E-state index in [0.29, 0.717) is 34.5 Å². The van der Waals surface area contributed by atoms with Crippen LogP contribution in [0, 0.1) is 6.92 Å². The summed E-state index contributed by atoms with van der Waals surface area (Å²) >= 11 is 5.98. The number of carbonyl (C=O) groups excluding carboxylic acids is 1. The lowest BCUT2D eigenvalue weighted by atomic mass is 9.95. The van der Waals surface area contributed by atoms with Gasteiger partial charge in [0.15, 0.2) is 0 Å². The van der Waals surface area contributed by atoms with E-state index in [-0.39, 0.29) is 5.91 Å². The van der Waals surface area contributed by atoms with Crippen LogP contribution in [0.4, 0.5) is 11.6 Å². The Bertz CT molecular complexity index is 1390. The largest absolute Gasteiger partial charge is 0.489 e. The Morgan fingerprint density at radius 1 is 1.06 bits per heavy atom. The molecule has 1 amide bonds. The Kier molecular flexibility index (Phi) is 6.25. The number of aryl methyl sites for hydroxylation is 1. The third-order valence-corrected chi connectivity index (χ3v) is 6.24. The lowest BCUT2D eigenvalue weighted by Gasteiger charge is -2.28. The van der Waals surface area contributed by atoms with E-state index in [4.69, 9.17) is 16.3 Å². The topological polar surface area (TPSA) is 81.1 Å². The molecule has 5 rings (SSSR count). The Morgan fingerprint density at radius 2 is 1.80 bits per heavy atom. The third-order valence-electron chi connectivity index (χ3n) is 5.99. The number of nitrogens with zero attached hydrogens (tertiary/aromatic N) is 3. The number of amides is 1. The summed E-state index contributed by atoms with van der Waals surface area (Å²) in [6, 6.07) is 22.4. The summed E-state index contributed by atoms with van der Waals surface area (Å²) in [6.45, 7) is 4.42. The van der Waals surface area contributed by atoms with Crippen LogP contribution in [-0.4, -0.2) is 20.7 Å². The van der Waals surface area contributed by atoms with Crippen LogP contribution in [0.1, 0.15) is 29.7 Å². The Morgan fingerprint density at radius 3 is 2.54 bits per heavy atom. The zero-order chi connectivity index (χ0) is 24.4. The molecule has 0 spiro atoms. The van der Waals surface area contributed by atoms with Gasteiger partial charge in [0.05, 0.1) is 5.57 Å². The fraction of sp³-hybridized carbons (Fsp3) is 0.148. The molecule has 176 valence electrons. The second-order valence-electron chi connectivity index (χ2n) is 8.34. The molecule has 2 heterocycles. The number of hydrogen-bond donors (Lipinski definition) is 2. The van der Waals surface area contributed by atoms with Gasteiger partial charge in [0, 0.05) is 16.4 Å². The van der Waals surface area contributed by atoms with Gasteiger partial charge in [-0.2, -0.15) is 10.1 Å². The number of anilines is 2. The molecule has 1 atom stereocenters. The summed E-state index contributed by atoms with van der Waals surface area (Å²) in [7, 11) is 0. The number of benzene rings is 3. The number of nitrogens with one attached hydrogen (secondary N) is 2. The number of ether oxygens (including phenoxy) is 1. The van der Waals surface area contributed by atoms with E-state index >= 15 is 0 Å². The van der Waals surface area contributed by atoms with Crippen LogP contribution >= 0.6 is 11.6 Å². The molecule has 0 saturated heterocycles. The highest BCUT2D eigenvalue weighted by Gasteiger charge is 2.33. The van der Waals surface area contributed by atoms with Crippen LogP contribution < -0.4 is 15.4 Å². The van der Waals surface area contributed by atoms with Gasteiger partial charge in [-0.25, -0.2) is 4.68 Å². The zero-order valence-electron chi connectivity index (χ0n) is 19.3. The smallest absolute Gasteiger partial charge is 0.255 e. The Balaban J connectivity index is 1.41. The number of halogens is 1. The van der Waals surface area contributed by atoms with Crippen molar-refractivity contribution in [3.8, 4) is 5.75 Å². The van der Waals surface area contributed by atoms with Crippen molar-refractivity contribution in [2.45, 2.75) is 26.5 Å². The van der Waals surface area contributed by atoms with E-state index in [9.17, 15) is 4.79 Å². The highest BCUT2D eigenvalue weighted by atomic mass is 35.5. The molecule has 0 saturated carbocycles. The fourth-order valence-electron chi connectivity index (χ4n) is 4.10. The van der Waals surface area contributed by atoms with Crippen LogP contribution in [0.15, 0.2) is 90.4 Å². The molecular formula is C27H24ClN5O2. The molecule has 0 unspecified atom stereocenters. The molecule has 0 bridgehead atoms. The molecule has 35 heavy (non-hydrogen) atoms. The molecule has 0 aliphatic carbocycles. The number of allylic oxidation sites excluding steroid dienone is 1. The summed E-state index contributed by atoms with van der Waals surface area (Å²) in [6.07, 6.45) is 1.47. The predicted octanol–water partition coefficient (Wildman–Crippen LogP) is 5.75. The van der Waals surface area contributed by atoms with Crippen LogP contribution in [0.5, 0.6) is 5.75 Å². The van der Waals surface area contributed by atoms with E-state index in [1.807, 2.05) is 43.3 Å². The monoisotopic (exact) mass is 485 g/mol. The van der Waals surface area contributed by atoms with E-state index in [1.165, 1.54) is 11.9 Å². The van der Waals surface area contributed by atoms with Gasteiger partial charge in [0.1, 0.15) is 24.7 Å². The van der Waals surface area contributed by atoms with Crippen molar-refractivity contribution < 1.29 is 9.53 Å². The first-order chi connectivity index (χ1) is 17.0. The maximum absolute atomic E-state index is 13.4. The third kappa shape index (κ3) is 4.76. The number of carbonyl (C=O) groups is 1. The fourth-order valence-corrected chi connectivity index (χ4v) is 4.23. The van der Waals surface area contributed by atoms with Gasteiger partial charge in [-0.1, -0.05) is 48.0 Å². The predicted molar refractivity (Wildman–Crippen MR) is 137 cm³/mol. The minimum atomic E-state index is -0.452. The minimum absolute atomic E-state index is 0.233. The molecule has 1 aliphatic heterocycles. The van der Waals surface area contributed by atoms with Gasteiger partial charge in [0.25, 0.3) is 5.91 Å². The molecule has 0 radical (unpaired) electrons. The van der Waals surface area contributed by atoms with Crippen molar-refractivity contribution in [1.82, 2.24) is 14.8 Å². The second kappa shape index (κ2) is 9.64. The van der Waals surface area contributed by atoms with Gasteiger partial charge in [-0.15, -0.1) is 0 Å². The molecule has 0 fully saturated rings. The highest BCUT2D eigenvalue weighted by Crippen LogP contribution is 2.36. The summed E-state index contributed by atoms with van der Waals surface area (Å²) < 4.78 is 7.72. The van der Waals surface area contributed by atoms with Gasteiger partial charge < -0.3 is 15.4 Å². The van der Waals surface area contributed by atoms with Gasteiger partial charge in [0.2, 0.25) is 5.95 Å². The molecule has 2 N–H and O–H groups in total. The summed E-state index contributed by atoms with van der Waals surface area (Å²) in [5.74, 6) is 1.09. The molecule has 7 nitrogen and oxygen atoms in total. The van der Waals surface area contributed by atoms with Gasteiger partial charge in [-0.3, -0.25) is 4.79 Å². The van der Waals surface area contributed by atoms with Crippen LogP contribution in [0.2, 0.25) is 5.02 Å². The van der Waals surface area contributed by atoms with Crippen molar-refractivity contribution in [1.29, 1.82) is 0 Å². The van der Waals surface area contributed by atoms with Crippen molar-refractivity contribution >= 4 is 29.1 Å². The lowest BCUT2D eigenvalue weighted by molar-refractivity contribution is -0.113. The maximum Gasteiger partial charge on any atom is 0.255 e. The summed E-state index contributed by atoms with van der Waals surface area (Å²) in [5.41, 5.74) is 5.13. The van der Waals surface area contributed by atoms with Crippen molar-refractivity contribution in [2.24, 2.45) is 0 Å². The van der Waals surface area contributed by atoms with E-state index in [0.717, 1.165) is 16.9 Å². The number of aromatic nitrogens is 3. The Hall–Kier alpha value is -4.10. The van der Waals surface area contributed by atoms with E-state index in [2.05, 4.69) is 39.8 Å². The Labute approximate surface area is 208 Å². The van der Waals surface area contributed by atoms with E-state index < -0.39 is 6.04 Å². The van der Waals surface area contributed by atoms with Crippen molar-refractivity contribution in [2.75, 3.05) is 10.6 Å². The summed E-state index contributed by atoms with van der Waals surface area (Å²) in [4.78, 5) is 17.7. The average molecular weight is 486 g/mol. The quantitative estimate of drug-likeness (QED) is 0.363. The first-order valence-electron chi connectivity index (χ1n) is 11.2. The molecule has 1 aliphatic rings. The standard InChI is InChI=1S/C27H24ClN5O2/c1-17-5-3-4-6-20(17)15-35-23-13-7-19(8-14-23)25-24(18(2)31-27-29-16-30-33(25)27)26(34)32-22-11-9-21(28)10-12-22/h3-14,16,25H,15H2,1-2H3,(H,32,34)(H,29,30,31)/t25-/m1/s1. The molecule has 8 heteroatoms. The van der Waals surface area contributed by atoms with Crippen LogP contribution in [0.25, 0.3) is 0 Å².